The minimum absolute atomic E-state index is 0.245. The van der Waals surface area contributed by atoms with Crippen LogP contribution in [0.15, 0.2) is 70.9 Å². The molecule has 2 aliphatic rings. The van der Waals surface area contributed by atoms with Gasteiger partial charge in [-0.05, 0) is 6.07 Å². The first-order chi connectivity index (χ1) is 14.0. The van der Waals surface area contributed by atoms with Crippen LogP contribution in [0.3, 0.4) is 0 Å². The van der Waals surface area contributed by atoms with Crippen molar-refractivity contribution in [2.75, 3.05) is 14.1 Å². The zero-order chi connectivity index (χ0) is 20.2. The molecule has 3 heterocycles. The lowest BCUT2D eigenvalue weighted by Gasteiger charge is -2.43. The molecule has 1 fully saturated rings. The maximum Gasteiger partial charge on any atom is 0.331 e. The molecule has 0 aliphatic carbocycles. The molecule has 3 amide bonds. The summed E-state index contributed by atoms with van der Waals surface area (Å²) in [5.41, 5.74) is 3.76. The fourth-order valence-corrected chi connectivity index (χ4v) is 3.93. The van der Waals surface area contributed by atoms with Gasteiger partial charge < -0.3 is 4.98 Å². The number of aromatic nitrogens is 1. The molecule has 8 nitrogen and oxygen atoms in total. The van der Waals surface area contributed by atoms with Gasteiger partial charge in [0.15, 0.2) is 11.7 Å². The third-order valence-electron chi connectivity index (χ3n) is 5.40. The van der Waals surface area contributed by atoms with Gasteiger partial charge in [0.1, 0.15) is 0 Å². The predicted molar refractivity (Wildman–Crippen MR) is 109 cm³/mol. The van der Waals surface area contributed by atoms with Crippen molar-refractivity contribution in [3.63, 3.8) is 0 Å². The summed E-state index contributed by atoms with van der Waals surface area (Å²) in [5.74, 6) is 0.262. The van der Waals surface area contributed by atoms with E-state index >= 15 is 0 Å². The van der Waals surface area contributed by atoms with Crippen molar-refractivity contribution in [3.05, 3.63) is 71.9 Å². The Morgan fingerprint density at radius 1 is 0.931 bits per heavy atom. The Morgan fingerprint density at radius 2 is 1.66 bits per heavy atom. The number of aliphatic imine (C=N–C) groups is 1. The van der Waals surface area contributed by atoms with Crippen molar-refractivity contribution in [3.8, 4) is 0 Å². The molecule has 1 unspecified atom stereocenters. The molecule has 0 bridgehead atoms. The highest BCUT2D eigenvalue weighted by atomic mass is 16.2. The Labute approximate surface area is 166 Å². The average Bonchev–Trinajstić information content (AvgIpc) is 3.21. The predicted octanol–water partition coefficient (Wildman–Crippen LogP) is 2.25. The molecular formula is C21H18N6O2. The van der Waals surface area contributed by atoms with Gasteiger partial charge in [-0.25, -0.2) is 9.79 Å². The van der Waals surface area contributed by atoms with Crippen LogP contribution in [-0.2, 0) is 10.3 Å². The van der Waals surface area contributed by atoms with Gasteiger partial charge >= 0.3 is 6.03 Å². The number of urea groups is 1. The van der Waals surface area contributed by atoms with Crippen LogP contribution in [0.5, 0.6) is 0 Å². The molecule has 2 aliphatic heterocycles. The van der Waals surface area contributed by atoms with Crippen molar-refractivity contribution in [2.45, 2.75) is 5.54 Å². The molecule has 2 aromatic carbocycles. The number of amides is 3. The number of nitrogens with one attached hydrogen (secondary N) is 2. The van der Waals surface area contributed by atoms with E-state index in [-0.39, 0.29) is 5.84 Å². The van der Waals surface area contributed by atoms with E-state index < -0.39 is 17.5 Å². The highest BCUT2D eigenvalue weighted by Gasteiger charge is 2.57. The van der Waals surface area contributed by atoms with E-state index in [4.69, 9.17) is 4.99 Å². The molecule has 1 saturated heterocycles. The number of amidine groups is 2. The summed E-state index contributed by atoms with van der Waals surface area (Å²) in [5, 5.41) is 5.29. The molecule has 144 valence electrons. The van der Waals surface area contributed by atoms with Crippen LogP contribution in [0.2, 0.25) is 0 Å². The highest BCUT2D eigenvalue weighted by molar-refractivity contribution is 6.27. The van der Waals surface area contributed by atoms with Gasteiger partial charge in [-0.2, -0.15) is 5.10 Å². The smallest absolute Gasteiger partial charge is 0.331 e. The standard InChI is InChI=1S/C21H18N6O2/c1-26-18-21(19(28)27(2)20(26)29,15-12-22-16-11-7-6-10-14(15)16)23-17(24-25-18)13-8-4-3-5-9-13/h3-12,22H,1-2H3,(H,23,24). The third-order valence-corrected chi connectivity index (χ3v) is 5.40. The zero-order valence-electron chi connectivity index (χ0n) is 15.9. The maximum absolute atomic E-state index is 13.6. The Morgan fingerprint density at radius 3 is 2.45 bits per heavy atom. The van der Waals surface area contributed by atoms with Crippen LogP contribution >= 0.6 is 0 Å². The first kappa shape index (κ1) is 17.2. The van der Waals surface area contributed by atoms with Crippen LogP contribution in [0.25, 0.3) is 10.9 Å². The number of carbonyl (C=O) groups is 2. The third kappa shape index (κ3) is 2.25. The van der Waals surface area contributed by atoms with Crippen molar-refractivity contribution < 1.29 is 9.59 Å². The lowest BCUT2D eigenvalue weighted by atomic mass is 9.84. The molecule has 0 saturated carbocycles. The molecule has 5 rings (SSSR count). The van der Waals surface area contributed by atoms with Crippen LogP contribution in [0.4, 0.5) is 4.79 Å². The summed E-state index contributed by atoms with van der Waals surface area (Å²) >= 11 is 0. The molecule has 3 aromatic rings. The minimum Gasteiger partial charge on any atom is -0.361 e. The van der Waals surface area contributed by atoms with E-state index in [1.54, 1.807) is 13.2 Å². The number of nitrogens with zero attached hydrogens (tertiary/aromatic N) is 4. The molecule has 1 atom stereocenters. The van der Waals surface area contributed by atoms with Gasteiger partial charge in [0.05, 0.1) is 0 Å². The number of H-pyrrole nitrogens is 1. The van der Waals surface area contributed by atoms with Crippen molar-refractivity contribution in [1.29, 1.82) is 0 Å². The normalized spacial score (nSPS) is 21.6. The molecule has 0 radical (unpaired) electrons. The van der Waals surface area contributed by atoms with Gasteiger partial charge in [0, 0.05) is 42.3 Å². The monoisotopic (exact) mass is 386 g/mol. The van der Waals surface area contributed by atoms with Crippen molar-refractivity contribution in [1.82, 2.24) is 20.2 Å². The Hall–Kier alpha value is -3.94. The van der Waals surface area contributed by atoms with Crippen molar-refractivity contribution in [2.24, 2.45) is 10.1 Å². The Balaban J connectivity index is 1.82. The van der Waals surface area contributed by atoms with Gasteiger partial charge in [-0.15, -0.1) is 0 Å². The number of carbonyl (C=O) groups excluding carboxylic acids is 2. The Bertz CT molecular complexity index is 1210. The van der Waals surface area contributed by atoms with Crippen LogP contribution in [-0.4, -0.2) is 52.5 Å². The second-order valence-electron chi connectivity index (χ2n) is 7.04. The highest BCUT2D eigenvalue weighted by Crippen LogP contribution is 2.40. The van der Waals surface area contributed by atoms with E-state index in [2.05, 4.69) is 15.5 Å². The van der Waals surface area contributed by atoms with E-state index in [1.807, 2.05) is 54.6 Å². The van der Waals surface area contributed by atoms with E-state index in [0.717, 1.165) is 21.4 Å². The SMILES string of the molecule is CN1C(=O)N(C)C2=NNC(c3ccccc3)=NC2(c2c[nH]c3ccccc23)C1=O. The molecular weight excluding hydrogens is 368 g/mol. The number of hydrazone groups is 1. The van der Waals surface area contributed by atoms with E-state index in [0.29, 0.717) is 11.4 Å². The molecule has 0 spiro atoms. The number of likely N-dealkylation sites (N-methyl/N-ethyl adjacent to an activating group) is 2. The van der Waals surface area contributed by atoms with Crippen LogP contribution in [0.1, 0.15) is 11.1 Å². The summed E-state index contributed by atoms with van der Waals surface area (Å²) in [6.07, 6.45) is 1.77. The largest absolute Gasteiger partial charge is 0.361 e. The number of aromatic amines is 1. The van der Waals surface area contributed by atoms with Gasteiger partial charge in [-0.3, -0.25) is 20.0 Å². The summed E-state index contributed by atoms with van der Waals surface area (Å²) in [6.45, 7) is 0. The summed E-state index contributed by atoms with van der Waals surface area (Å²) in [4.78, 5) is 36.7. The second-order valence-corrected chi connectivity index (χ2v) is 7.04. The minimum atomic E-state index is -1.48. The number of para-hydroxylation sites is 1. The van der Waals surface area contributed by atoms with Gasteiger partial charge in [-0.1, -0.05) is 48.5 Å². The number of imide groups is 1. The number of hydrogen-bond donors (Lipinski definition) is 2. The van der Waals surface area contributed by atoms with Gasteiger partial charge in [0.2, 0.25) is 5.54 Å². The second kappa shape index (κ2) is 6.03. The number of hydrogen-bond acceptors (Lipinski definition) is 5. The maximum atomic E-state index is 13.6. The molecule has 8 heteroatoms. The first-order valence-corrected chi connectivity index (χ1v) is 9.16. The fourth-order valence-electron chi connectivity index (χ4n) is 3.93. The first-order valence-electron chi connectivity index (χ1n) is 9.16. The van der Waals surface area contributed by atoms with Crippen LogP contribution in [0, 0.1) is 0 Å². The summed E-state index contributed by atoms with van der Waals surface area (Å²) in [7, 11) is 3.06. The van der Waals surface area contributed by atoms with Gasteiger partial charge in [0.25, 0.3) is 5.91 Å². The van der Waals surface area contributed by atoms with E-state index in [9.17, 15) is 9.59 Å². The molecule has 2 N–H and O–H groups in total. The van der Waals surface area contributed by atoms with Crippen LogP contribution < -0.4 is 5.43 Å². The summed E-state index contributed by atoms with van der Waals surface area (Å²) < 4.78 is 0. The molecule has 29 heavy (non-hydrogen) atoms. The lowest BCUT2D eigenvalue weighted by Crippen LogP contribution is -2.66. The number of rotatable bonds is 2. The van der Waals surface area contributed by atoms with Crippen molar-refractivity contribution >= 4 is 34.5 Å². The topological polar surface area (TPSA) is 93.2 Å². The lowest BCUT2D eigenvalue weighted by molar-refractivity contribution is -0.132. The quantitative estimate of drug-likeness (QED) is 0.707. The number of benzene rings is 2. The molecule has 1 aromatic heterocycles. The average molecular weight is 386 g/mol. The Kier molecular flexibility index (Phi) is 3.57. The fraction of sp³-hybridized carbons (Fsp3) is 0.143. The van der Waals surface area contributed by atoms with E-state index in [1.165, 1.54) is 11.9 Å². The zero-order valence-corrected chi connectivity index (χ0v) is 15.9. The summed E-state index contributed by atoms with van der Waals surface area (Å²) in [6, 6.07) is 16.7. The number of fused-ring (bicyclic) bond motifs is 2.